The molecule has 0 radical (unpaired) electrons. The van der Waals surface area contributed by atoms with Crippen LogP contribution >= 0.6 is 0 Å². The minimum absolute atomic E-state index is 0.376. The van der Waals surface area contributed by atoms with Gasteiger partial charge in [-0.15, -0.1) is 0 Å². The maximum atomic E-state index is 12.8. The Kier molecular flexibility index (Phi) is 5.05. The Bertz CT molecular complexity index is 814. The van der Waals surface area contributed by atoms with E-state index in [0.717, 1.165) is 27.6 Å². The van der Waals surface area contributed by atoms with E-state index in [9.17, 15) is 21.6 Å². The summed E-state index contributed by atoms with van der Waals surface area (Å²) in [5, 5.41) is 0. The fraction of sp³-hybridized carbons (Fsp3) is 0.294. The Morgan fingerprint density at radius 3 is 2.17 bits per heavy atom. The highest BCUT2D eigenvalue weighted by atomic mass is 32.2. The Morgan fingerprint density at radius 1 is 1.04 bits per heavy atom. The molecule has 2 aromatic rings. The van der Waals surface area contributed by atoms with Crippen molar-refractivity contribution in [1.29, 1.82) is 0 Å². The lowest BCUT2D eigenvalue weighted by Crippen LogP contribution is -2.30. The Labute approximate surface area is 139 Å². The van der Waals surface area contributed by atoms with Crippen LogP contribution in [0.25, 0.3) is 0 Å². The highest BCUT2D eigenvalue weighted by Gasteiger charge is 2.33. The molecule has 130 valence electrons. The summed E-state index contributed by atoms with van der Waals surface area (Å²) in [7, 11) is -2.68. The van der Waals surface area contributed by atoms with E-state index >= 15 is 0 Å². The molecule has 2 rings (SSSR count). The monoisotopic (exact) mass is 357 g/mol. The van der Waals surface area contributed by atoms with E-state index < -0.39 is 27.8 Å². The van der Waals surface area contributed by atoms with Gasteiger partial charge < -0.3 is 0 Å². The molecule has 0 aromatic heterocycles. The van der Waals surface area contributed by atoms with Gasteiger partial charge in [0.1, 0.15) is 0 Å². The zero-order valence-corrected chi connectivity index (χ0v) is 14.3. The van der Waals surface area contributed by atoms with Crippen molar-refractivity contribution in [3.8, 4) is 0 Å². The van der Waals surface area contributed by atoms with Gasteiger partial charge in [0.2, 0.25) is 10.0 Å². The molecule has 0 N–H and O–H groups in total. The number of rotatable bonds is 4. The summed E-state index contributed by atoms with van der Waals surface area (Å²) in [5.41, 5.74) is 0.813. The molecule has 1 atom stereocenters. The minimum atomic E-state index is -4.59. The third kappa shape index (κ3) is 3.79. The maximum absolute atomic E-state index is 12.8. The molecule has 0 spiro atoms. The molecule has 1 unspecified atom stereocenters. The first-order chi connectivity index (χ1) is 11.0. The summed E-state index contributed by atoms with van der Waals surface area (Å²) >= 11 is 0. The quantitative estimate of drug-likeness (QED) is 0.814. The van der Waals surface area contributed by atoms with Gasteiger partial charge in [0.15, 0.2) is 0 Å². The number of sulfonamides is 1. The normalized spacial score (nSPS) is 14.0. The molecular weight excluding hydrogens is 339 g/mol. The fourth-order valence-electron chi connectivity index (χ4n) is 2.26. The van der Waals surface area contributed by atoms with Gasteiger partial charge in [0.05, 0.1) is 10.5 Å². The first-order valence-corrected chi connectivity index (χ1v) is 8.69. The van der Waals surface area contributed by atoms with Crippen LogP contribution in [0.15, 0.2) is 53.4 Å². The predicted octanol–water partition coefficient (Wildman–Crippen LogP) is 4.40. The highest BCUT2D eigenvalue weighted by molar-refractivity contribution is 7.89. The molecule has 0 heterocycles. The second kappa shape index (κ2) is 6.57. The molecule has 0 amide bonds. The number of nitrogens with zero attached hydrogens (tertiary/aromatic N) is 1. The number of halogens is 3. The van der Waals surface area contributed by atoms with E-state index in [-0.39, 0.29) is 4.90 Å². The van der Waals surface area contributed by atoms with Gasteiger partial charge in [0.25, 0.3) is 0 Å². The molecule has 0 saturated heterocycles. The first kappa shape index (κ1) is 18.5. The highest BCUT2D eigenvalue weighted by Crippen LogP contribution is 2.32. The summed E-state index contributed by atoms with van der Waals surface area (Å²) in [6.45, 7) is 3.60. The average Bonchev–Trinajstić information content (AvgIpc) is 2.53. The number of alkyl halides is 3. The van der Waals surface area contributed by atoms with E-state index in [1.165, 1.54) is 13.1 Å². The van der Waals surface area contributed by atoms with Gasteiger partial charge in [-0.05, 0) is 37.6 Å². The topological polar surface area (TPSA) is 37.4 Å². The standard InChI is InChI=1S/C17H18F3NO2S/c1-12-7-9-14(10-8-12)13(2)21(3)24(22,23)16-6-4-5-15(11-16)17(18,19)20/h4-11,13H,1-3H3. The molecule has 7 heteroatoms. The summed E-state index contributed by atoms with van der Waals surface area (Å²) in [6.07, 6.45) is -4.59. The van der Waals surface area contributed by atoms with E-state index in [1.54, 1.807) is 19.1 Å². The Morgan fingerprint density at radius 2 is 1.62 bits per heavy atom. The molecule has 3 nitrogen and oxygen atoms in total. The third-order valence-corrected chi connectivity index (χ3v) is 5.87. The molecule has 0 aliphatic carbocycles. The van der Waals surface area contributed by atoms with Crippen molar-refractivity contribution < 1.29 is 21.6 Å². The Hall–Kier alpha value is -1.86. The van der Waals surface area contributed by atoms with Gasteiger partial charge in [-0.1, -0.05) is 35.9 Å². The average molecular weight is 357 g/mol. The van der Waals surface area contributed by atoms with Gasteiger partial charge in [-0.3, -0.25) is 0 Å². The fourth-order valence-corrected chi connectivity index (χ4v) is 3.66. The lowest BCUT2D eigenvalue weighted by Gasteiger charge is -2.25. The van der Waals surface area contributed by atoms with Crippen LogP contribution in [0.3, 0.4) is 0 Å². The van der Waals surface area contributed by atoms with Crippen molar-refractivity contribution in [2.75, 3.05) is 7.05 Å². The second-order valence-electron chi connectivity index (χ2n) is 5.63. The zero-order chi connectivity index (χ0) is 18.1. The van der Waals surface area contributed by atoms with E-state index in [2.05, 4.69) is 0 Å². The smallest absolute Gasteiger partial charge is 0.207 e. The van der Waals surface area contributed by atoms with Crippen LogP contribution in [-0.2, 0) is 16.2 Å². The molecular formula is C17H18F3NO2S. The maximum Gasteiger partial charge on any atom is 0.416 e. The third-order valence-electron chi connectivity index (χ3n) is 3.94. The number of hydrogen-bond donors (Lipinski definition) is 0. The predicted molar refractivity (Wildman–Crippen MR) is 86.0 cm³/mol. The van der Waals surface area contributed by atoms with Crippen LogP contribution in [0, 0.1) is 6.92 Å². The second-order valence-corrected chi connectivity index (χ2v) is 7.63. The van der Waals surface area contributed by atoms with E-state index in [0.29, 0.717) is 6.07 Å². The molecule has 0 aliphatic heterocycles. The van der Waals surface area contributed by atoms with E-state index in [4.69, 9.17) is 0 Å². The lowest BCUT2D eigenvalue weighted by molar-refractivity contribution is -0.137. The molecule has 0 bridgehead atoms. The van der Waals surface area contributed by atoms with Crippen LogP contribution < -0.4 is 0 Å². The van der Waals surface area contributed by atoms with Crippen LogP contribution in [0.4, 0.5) is 13.2 Å². The van der Waals surface area contributed by atoms with Crippen molar-refractivity contribution in [1.82, 2.24) is 4.31 Å². The number of hydrogen-bond acceptors (Lipinski definition) is 2. The van der Waals surface area contributed by atoms with Crippen molar-refractivity contribution in [2.24, 2.45) is 0 Å². The summed E-state index contributed by atoms with van der Waals surface area (Å²) in [6, 6.07) is 10.6. The largest absolute Gasteiger partial charge is 0.416 e. The Balaban J connectivity index is 2.37. The van der Waals surface area contributed by atoms with Crippen molar-refractivity contribution >= 4 is 10.0 Å². The summed E-state index contributed by atoms with van der Waals surface area (Å²) in [5.74, 6) is 0. The van der Waals surface area contributed by atoms with E-state index in [1.807, 2.05) is 19.1 Å². The van der Waals surface area contributed by atoms with Crippen LogP contribution in [0.1, 0.15) is 29.7 Å². The zero-order valence-electron chi connectivity index (χ0n) is 13.5. The first-order valence-electron chi connectivity index (χ1n) is 7.25. The summed E-state index contributed by atoms with van der Waals surface area (Å²) in [4.78, 5) is -0.376. The minimum Gasteiger partial charge on any atom is -0.207 e. The van der Waals surface area contributed by atoms with Crippen LogP contribution in [0.2, 0.25) is 0 Å². The van der Waals surface area contributed by atoms with Crippen molar-refractivity contribution in [2.45, 2.75) is 31.0 Å². The molecule has 24 heavy (non-hydrogen) atoms. The molecule has 2 aromatic carbocycles. The molecule has 0 fully saturated rings. The SMILES string of the molecule is Cc1ccc(C(C)N(C)S(=O)(=O)c2cccc(C(F)(F)F)c2)cc1. The van der Waals surface area contributed by atoms with Gasteiger partial charge >= 0.3 is 6.18 Å². The summed E-state index contributed by atoms with van der Waals surface area (Å²) < 4.78 is 64.8. The van der Waals surface area contributed by atoms with Crippen molar-refractivity contribution in [3.63, 3.8) is 0 Å². The molecule has 0 saturated carbocycles. The number of benzene rings is 2. The molecule has 0 aliphatic rings. The van der Waals surface area contributed by atoms with Gasteiger partial charge in [-0.25, -0.2) is 8.42 Å². The van der Waals surface area contributed by atoms with Gasteiger partial charge in [-0.2, -0.15) is 17.5 Å². The number of aryl methyl sites for hydroxylation is 1. The van der Waals surface area contributed by atoms with Crippen molar-refractivity contribution in [3.05, 3.63) is 65.2 Å². The van der Waals surface area contributed by atoms with Crippen LogP contribution in [0.5, 0.6) is 0 Å². The van der Waals surface area contributed by atoms with Gasteiger partial charge in [0, 0.05) is 13.1 Å². The van der Waals surface area contributed by atoms with Crippen LogP contribution in [-0.4, -0.2) is 19.8 Å². The lowest BCUT2D eigenvalue weighted by atomic mass is 10.1.